The number of ether oxygens (including phenoxy) is 1. The second-order valence-electron chi connectivity index (χ2n) is 3.98. The number of carbonyl (C=O) groups is 1. The van der Waals surface area contributed by atoms with Crippen LogP contribution >= 0.6 is 11.8 Å². The third-order valence-electron chi connectivity index (χ3n) is 3.09. The summed E-state index contributed by atoms with van der Waals surface area (Å²) in [5.74, 6) is 2.44. The molecule has 0 radical (unpaired) electrons. The average molecular weight is 230 g/mol. The van der Waals surface area contributed by atoms with Crippen LogP contribution in [0.5, 0.6) is 0 Å². The van der Waals surface area contributed by atoms with Gasteiger partial charge < -0.3 is 15.0 Å². The highest BCUT2D eigenvalue weighted by Gasteiger charge is 2.35. The molecule has 2 atom stereocenters. The minimum Gasteiger partial charge on any atom is -0.379 e. The molecule has 1 N–H and O–H groups in total. The maximum atomic E-state index is 12.2. The summed E-state index contributed by atoms with van der Waals surface area (Å²) >= 11 is 1.92. The predicted molar refractivity (Wildman–Crippen MR) is 61.1 cm³/mol. The SMILES string of the molecule is CNC1COCC1C(=O)N1CCSCC1. The Balaban J connectivity index is 1.93. The summed E-state index contributed by atoms with van der Waals surface area (Å²) < 4.78 is 5.36. The third kappa shape index (κ3) is 2.46. The van der Waals surface area contributed by atoms with E-state index in [4.69, 9.17) is 4.74 Å². The van der Waals surface area contributed by atoms with Crippen molar-refractivity contribution in [3.63, 3.8) is 0 Å². The smallest absolute Gasteiger partial charge is 0.229 e. The molecule has 2 aliphatic heterocycles. The number of likely N-dealkylation sites (N-methyl/N-ethyl adjacent to an activating group) is 1. The second kappa shape index (κ2) is 5.18. The lowest BCUT2D eigenvalue weighted by atomic mass is 10.0. The van der Waals surface area contributed by atoms with E-state index >= 15 is 0 Å². The Morgan fingerprint density at radius 1 is 1.40 bits per heavy atom. The van der Waals surface area contributed by atoms with Gasteiger partial charge in [0.2, 0.25) is 5.91 Å². The Bertz CT molecular complexity index is 231. The van der Waals surface area contributed by atoms with E-state index in [1.807, 2.05) is 23.7 Å². The standard InChI is InChI=1S/C10H18N2O2S/c1-11-9-7-14-6-8(9)10(13)12-2-4-15-5-3-12/h8-9,11H,2-7H2,1H3. The van der Waals surface area contributed by atoms with Crippen LogP contribution in [0.4, 0.5) is 0 Å². The summed E-state index contributed by atoms with van der Waals surface area (Å²) in [6.07, 6.45) is 0. The van der Waals surface area contributed by atoms with Crippen LogP contribution < -0.4 is 5.32 Å². The summed E-state index contributed by atoms with van der Waals surface area (Å²) in [6.45, 7) is 3.04. The quantitative estimate of drug-likeness (QED) is 0.713. The molecule has 0 bridgehead atoms. The number of rotatable bonds is 2. The number of thioether (sulfide) groups is 1. The van der Waals surface area contributed by atoms with E-state index in [9.17, 15) is 4.79 Å². The Morgan fingerprint density at radius 2 is 2.13 bits per heavy atom. The van der Waals surface area contributed by atoms with Crippen molar-refractivity contribution in [2.24, 2.45) is 5.92 Å². The fourth-order valence-corrected chi connectivity index (χ4v) is 3.00. The number of nitrogens with zero attached hydrogens (tertiary/aromatic N) is 1. The molecule has 2 aliphatic rings. The molecule has 0 aromatic heterocycles. The molecule has 4 nitrogen and oxygen atoms in total. The van der Waals surface area contributed by atoms with Crippen molar-refractivity contribution in [3.8, 4) is 0 Å². The molecule has 0 aromatic rings. The van der Waals surface area contributed by atoms with E-state index < -0.39 is 0 Å². The van der Waals surface area contributed by atoms with Gasteiger partial charge in [0.25, 0.3) is 0 Å². The molecular formula is C10H18N2O2S. The predicted octanol–water partition coefficient (Wildman–Crippen LogP) is -0.204. The first-order chi connectivity index (χ1) is 7.33. The van der Waals surface area contributed by atoms with Crippen LogP contribution in [-0.4, -0.2) is 61.7 Å². The Labute approximate surface area is 94.7 Å². The Hall–Kier alpha value is -0.260. The first kappa shape index (κ1) is 11.2. The first-order valence-electron chi connectivity index (χ1n) is 5.44. The third-order valence-corrected chi connectivity index (χ3v) is 4.03. The molecule has 0 aliphatic carbocycles. The highest BCUT2D eigenvalue weighted by molar-refractivity contribution is 7.99. The van der Waals surface area contributed by atoms with Gasteiger partial charge in [0.15, 0.2) is 0 Å². The monoisotopic (exact) mass is 230 g/mol. The molecule has 86 valence electrons. The van der Waals surface area contributed by atoms with Crippen molar-refractivity contribution in [2.45, 2.75) is 6.04 Å². The Morgan fingerprint density at radius 3 is 2.80 bits per heavy atom. The second-order valence-corrected chi connectivity index (χ2v) is 5.20. The van der Waals surface area contributed by atoms with E-state index in [-0.39, 0.29) is 17.9 Å². The van der Waals surface area contributed by atoms with Gasteiger partial charge in [-0.15, -0.1) is 0 Å². The van der Waals surface area contributed by atoms with E-state index in [0.29, 0.717) is 13.2 Å². The van der Waals surface area contributed by atoms with Crippen molar-refractivity contribution in [1.29, 1.82) is 0 Å². The number of nitrogens with one attached hydrogen (secondary N) is 1. The van der Waals surface area contributed by atoms with Crippen molar-refractivity contribution in [2.75, 3.05) is 44.9 Å². The Kier molecular flexibility index (Phi) is 3.88. The zero-order chi connectivity index (χ0) is 10.7. The lowest BCUT2D eigenvalue weighted by molar-refractivity contribution is -0.135. The number of hydrogen-bond donors (Lipinski definition) is 1. The highest BCUT2D eigenvalue weighted by atomic mass is 32.2. The van der Waals surface area contributed by atoms with Gasteiger partial charge >= 0.3 is 0 Å². The highest BCUT2D eigenvalue weighted by Crippen LogP contribution is 2.19. The largest absolute Gasteiger partial charge is 0.379 e. The van der Waals surface area contributed by atoms with Gasteiger partial charge in [0.05, 0.1) is 19.1 Å². The maximum absolute atomic E-state index is 12.2. The number of carbonyl (C=O) groups excluding carboxylic acids is 1. The molecule has 0 spiro atoms. The summed E-state index contributed by atoms with van der Waals surface area (Å²) in [5, 5.41) is 3.16. The summed E-state index contributed by atoms with van der Waals surface area (Å²) in [7, 11) is 1.89. The van der Waals surface area contributed by atoms with Crippen molar-refractivity contribution < 1.29 is 9.53 Å². The van der Waals surface area contributed by atoms with Crippen LogP contribution in [0.15, 0.2) is 0 Å². The maximum Gasteiger partial charge on any atom is 0.229 e. The van der Waals surface area contributed by atoms with Crippen molar-refractivity contribution in [1.82, 2.24) is 10.2 Å². The normalized spacial score (nSPS) is 31.9. The molecule has 1 amide bonds. The zero-order valence-corrected chi connectivity index (χ0v) is 9.89. The number of hydrogen-bond acceptors (Lipinski definition) is 4. The van der Waals surface area contributed by atoms with Crippen LogP contribution in [0.25, 0.3) is 0 Å². The molecule has 2 saturated heterocycles. The summed E-state index contributed by atoms with van der Waals surface area (Å²) in [6, 6.07) is 0.201. The van der Waals surface area contributed by atoms with Gasteiger partial charge in [-0.25, -0.2) is 0 Å². The van der Waals surface area contributed by atoms with Gasteiger partial charge in [-0.2, -0.15) is 11.8 Å². The van der Waals surface area contributed by atoms with Crippen LogP contribution in [0.1, 0.15) is 0 Å². The first-order valence-corrected chi connectivity index (χ1v) is 6.60. The fourth-order valence-electron chi connectivity index (χ4n) is 2.10. The average Bonchev–Trinajstić information content (AvgIpc) is 2.77. The topological polar surface area (TPSA) is 41.6 Å². The molecule has 2 unspecified atom stereocenters. The molecule has 2 heterocycles. The molecule has 0 aromatic carbocycles. The van der Waals surface area contributed by atoms with Gasteiger partial charge in [0.1, 0.15) is 0 Å². The minimum absolute atomic E-state index is 0.0260. The summed E-state index contributed by atoms with van der Waals surface area (Å²) in [4.78, 5) is 14.2. The van der Waals surface area contributed by atoms with E-state index in [0.717, 1.165) is 24.6 Å². The minimum atomic E-state index is 0.0260. The zero-order valence-electron chi connectivity index (χ0n) is 9.07. The van der Waals surface area contributed by atoms with Gasteiger partial charge in [-0.3, -0.25) is 4.79 Å². The van der Waals surface area contributed by atoms with Gasteiger partial charge in [-0.1, -0.05) is 0 Å². The lowest BCUT2D eigenvalue weighted by Gasteiger charge is -2.30. The van der Waals surface area contributed by atoms with Gasteiger partial charge in [0, 0.05) is 30.6 Å². The molecule has 2 fully saturated rings. The van der Waals surface area contributed by atoms with Crippen molar-refractivity contribution >= 4 is 17.7 Å². The van der Waals surface area contributed by atoms with E-state index in [1.165, 1.54) is 0 Å². The molecule has 15 heavy (non-hydrogen) atoms. The van der Waals surface area contributed by atoms with Crippen LogP contribution in [0.3, 0.4) is 0 Å². The fraction of sp³-hybridized carbons (Fsp3) is 0.900. The molecule has 5 heteroatoms. The van der Waals surface area contributed by atoms with Crippen LogP contribution in [0.2, 0.25) is 0 Å². The molecule has 2 rings (SSSR count). The van der Waals surface area contributed by atoms with Crippen LogP contribution in [0, 0.1) is 5.92 Å². The molecular weight excluding hydrogens is 212 g/mol. The summed E-state index contributed by atoms with van der Waals surface area (Å²) in [5.41, 5.74) is 0. The van der Waals surface area contributed by atoms with Gasteiger partial charge in [-0.05, 0) is 7.05 Å². The molecule has 0 saturated carbocycles. The lowest BCUT2D eigenvalue weighted by Crippen LogP contribution is -2.47. The van der Waals surface area contributed by atoms with E-state index in [2.05, 4.69) is 5.32 Å². The number of amides is 1. The van der Waals surface area contributed by atoms with Crippen LogP contribution in [-0.2, 0) is 9.53 Å². The van der Waals surface area contributed by atoms with E-state index in [1.54, 1.807) is 0 Å². The van der Waals surface area contributed by atoms with Crippen molar-refractivity contribution in [3.05, 3.63) is 0 Å².